The summed E-state index contributed by atoms with van der Waals surface area (Å²) in [5.41, 5.74) is 1.03. The van der Waals surface area contributed by atoms with Gasteiger partial charge in [0, 0.05) is 19.0 Å². The molecule has 134 valence electrons. The molecule has 1 amide bonds. The van der Waals surface area contributed by atoms with Crippen molar-refractivity contribution in [3.8, 4) is 5.88 Å². The second kappa shape index (κ2) is 6.62. The minimum atomic E-state index is -0.611. The van der Waals surface area contributed by atoms with Crippen molar-refractivity contribution in [1.29, 1.82) is 0 Å². The number of carbonyl (C=O) groups is 1. The molecule has 0 bridgehead atoms. The number of fused-ring (bicyclic) bond motifs is 1. The van der Waals surface area contributed by atoms with E-state index in [9.17, 15) is 14.0 Å². The Kier molecular flexibility index (Phi) is 4.16. The SMILES string of the molecule is O=C(Cn1c(=O)oc2ccccc21)N1CCC(Oc2cccc(F)n2)C1. The molecule has 1 aromatic carbocycles. The summed E-state index contributed by atoms with van der Waals surface area (Å²) in [5.74, 6) is -1.17. The number of oxazole rings is 1. The van der Waals surface area contributed by atoms with Gasteiger partial charge in [0.25, 0.3) is 0 Å². The first-order valence-corrected chi connectivity index (χ1v) is 8.25. The van der Waals surface area contributed by atoms with Crippen LogP contribution in [0.4, 0.5) is 4.39 Å². The molecule has 4 rings (SSSR count). The molecule has 26 heavy (non-hydrogen) atoms. The molecule has 0 radical (unpaired) electrons. The van der Waals surface area contributed by atoms with E-state index in [0.717, 1.165) is 0 Å². The monoisotopic (exact) mass is 357 g/mol. The molecular weight excluding hydrogens is 341 g/mol. The molecule has 1 fully saturated rings. The number of likely N-dealkylation sites (tertiary alicyclic amines) is 1. The molecule has 7 nitrogen and oxygen atoms in total. The Morgan fingerprint density at radius 2 is 2.12 bits per heavy atom. The van der Waals surface area contributed by atoms with Crippen molar-refractivity contribution >= 4 is 17.0 Å². The van der Waals surface area contributed by atoms with Gasteiger partial charge in [-0.1, -0.05) is 18.2 Å². The van der Waals surface area contributed by atoms with Gasteiger partial charge in [0.05, 0.1) is 12.1 Å². The topological polar surface area (TPSA) is 77.6 Å². The largest absolute Gasteiger partial charge is 0.472 e. The Morgan fingerprint density at radius 3 is 2.96 bits per heavy atom. The second-order valence-electron chi connectivity index (χ2n) is 6.09. The summed E-state index contributed by atoms with van der Waals surface area (Å²) < 4.78 is 25.2. The highest BCUT2D eigenvalue weighted by molar-refractivity contribution is 5.79. The Hall–Kier alpha value is -3.16. The van der Waals surface area contributed by atoms with Crippen LogP contribution in [0.2, 0.25) is 0 Å². The van der Waals surface area contributed by atoms with Gasteiger partial charge in [-0.3, -0.25) is 9.36 Å². The average molecular weight is 357 g/mol. The summed E-state index contributed by atoms with van der Waals surface area (Å²) in [5, 5.41) is 0. The highest BCUT2D eigenvalue weighted by atomic mass is 19.1. The normalized spacial score (nSPS) is 17.0. The predicted octanol–water partition coefficient (Wildman–Crippen LogP) is 1.81. The quantitative estimate of drug-likeness (QED) is 0.666. The maximum Gasteiger partial charge on any atom is 0.420 e. The molecule has 0 aliphatic carbocycles. The van der Waals surface area contributed by atoms with Crippen molar-refractivity contribution in [2.45, 2.75) is 19.1 Å². The maximum absolute atomic E-state index is 13.1. The number of halogens is 1. The fourth-order valence-corrected chi connectivity index (χ4v) is 3.08. The molecule has 1 aliphatic heterocycles. The van der Waals surface area contributed by atoms with E-state index in [-0.39, 0.29) is 24.4 Å². The average Bonchev–Trinajstić information content (AvgIpc) is 3.20. The third kappa shape index (κ3) is 3.17. The van der Waals surface area contributed by atoms with Crippen molar-refractivity contribution in [3.05, 3.63) is 59.0 Å². The van der Waals surface area contributed by atoms with Crippen LogP contribution in [0.15, 0.2) is 51.7 Å². The standard InChI is InChI=1S/C18H16FN3O4/c19-15-6-3-7-16(20-15)25-12-8-9-21(10-12)17(23)11-22-13-4-1-2-5-14(13)26-18(22)24/h1-7,12H,8-11H2. The molecule has 3 heterocycles. The van der Waals surface area contributed by atoms with Gasteiger partial charge in [-0.05, 0) is 18.2 Å². The predicted molar refractivity (Wildman–Crippen MR) is 90.3 cm³/mol. The van der Waals surface area contributed by atoms with Gasteiger partial charge in [-0.15, -0.1) is 0 Å². The van der Waals surface area contributed by atoms with Gasteiger partial charge in [0.1, 0.15) is 12.6 Å². The molecule has 1 atom stereocenters. The van der Waals surface area contributed by atoms with E-state index in [2.05, 4.69) is 4.98 Å². The van der Waals surface area contributed by atoms with Crippen LogP contribution in [0, 0.1) is 5.95 Å². The van der Waals surface area contributed by atoms with Crippen LogP contribution in [-0.4, -0.2) is 39.6 Å². The van der Waals surface area contributed by atoms with Gasteiger partial charge in [-0.25, -0.2) is 4.79 Å². The fraction of sp³-hybridized carbons (Fsp3) is 0.278. The fourth-order valence-electron chi connectivity index (χ4n) is 3.08. The van der Waals surface area contributed by atoms with E-state index < -0.39 is 11.7 Å². The molecule has 2 aromatic heterocycles. The highest BCUT2D eigenvalue weighted by Gasteiger charge is 2.28. The van der Waals surface area contributed by atoms with Crippen LogP contribution in [0.1, 0.15) is 6.42 Å². The zero-order valence-corrected chi connectivity index (χ0v) is 13.8. The Balaban J connectivity index is 1.43. The van der Waals surface area contributed by atoms with Gasteiger partial charge < -0.3 is 14.1 Å². The molecule has 0 saturated carbocycles. The summed E-state index contributed by atoms with van der Waals surface area (Å²) in [7, 11) is 0. The highest BCUT2D eigenvalue weighted by Crippen LogP contribution is 2.18. The Bertz CT molecular complexity index is 1010. The van der Waals surface area contributed by atoms with Crippen molar-refractivity contribution in [3.63, 3.8) is 0 Å². The van der Waals surface area contributed by atoms with Crippen LogP contribution < -0.4 is 10.5 Å². The van der Waals surface area contributed by atoms with Crippen LogP contribution in [0.25, 0.3) is 11.1 Å². The number of carbonyl (C=O) groups excluding carboxylic acids is 1. The lowest BCUT2D eigenvalue weighted by atomic mass is 10.3. The number of benzene rings is 1. The Labute approximate surface area is 147 Å². The van der Waals surface area contributed by atoms with Gasteiger partial charge in [0.15, 0.2) is 5.58 Å². The summed E-state index contributed by atoms with van der Waals surface area (Å²) >= 11 is 0. The van der Waals surface area contributed by atoms with E-state index in [1.165, 1.54) is 16.7 Å². The van der Waals surface area contributed by atoms with Crippen molar-refractivity contribution in [2.75, 3.05) is 13.1 Å². The molecule has 1 unspecified atom stereocenters. The van der Waals surface area contributed by atoms with Crippen molar-refractivity contribution in [1.82, 2.24) is 14.5 Å². The van der Waals surface area contributed by atoms with Crippen molar-refractivity contribution in [2.24, 2.45) is 0 Å². The number of pyridine rings is 1. The molecule has 8 heteroatoms. The lowest BCUT2D eigenvalue weighted by molar-refractivity contribution is -0.131. The van der Waals surface area contributed by atoms with Crippen LogP contribution in [0.5, 0.6) is 5.88 Å². The van der Waals surface area contributed by atoms with Gasteiger partial charge >= 0.3 is 5.76 Å². The Morgan fingerprint density at radius 1 is 1.27 bits per heavy atom. The van der Waals surface area contributed by atoms with E-state index >= 15 is 0 Å². The molecule has 1 saturated heterocycles. The first-order chi connectivity index (χ1) is 12.6. The molecule has 1 aliphatic rings. The van der Waals surface area contributed by atoms with Crippen LogP contribution >= 0.6 is 0 Å². The summed E-state index contributed by atoms with van der Waals surface area (Å²) in [6.07, 6.45) is 0.358. The number of rotatable bonds is 4. The molecule has 0 N–H and O–H groups in total. The third-order valence-corrected chi connectivity index (χ3v) is 4.34. The number of hydrogen-bond acceptors (Lipinski definition) is 5. The lowest BCUT2D eigenvalue weighted by Crippen LogP contribution is -2.35. The lowest BCUT2D eigenvalue weighted by Gasteiger charge is -2.17. The number of nitrogens with zero attached hydrogens (tertiary/aromatic N) is 3. The molecule has 3 aromatic rings. The van der Waals surface area contributed by atoms with E-state index in [0.29, 0.717) is 30.6 Å². The number of ether oxygens (including phenoxy) is 1. The second-order valence-corrected chi connectivity index (χ2v) is 6.09. The summed E-state index contributed by atoms with van der Waals surface area (Å²) in [6.45, 7) is 0.770. The van der Waals surface area contributed by atoms with Crippen molar-refractivity contribution < 1.29 is 18.3 Å². The zero-order valence-electron chi connectivity index (χ0n) is 13.8. The summed E-state index contributed by atoms with van der Waals surface area (Å²) in [6, 6.07) is 11.3. The van der Waals surface area contributed by atoms with Crippen LogP contribution in [0.3, 0.4) is 0 Å². The number of hydrogen-bond donors (Lipinski definition) is 0. The van der Waals surface area contributed by atoms with E-state index in [1.54, 1.807) is 35.2 Å². The molecule has 0 spiro atoms. The maximum atomic E-state index is 13.1. The minimum absolute atomic E-state index is 0.0964. The van der Waals surface area contributed by atoms with E-state index in [1.807, 2.05) is 0 Å². The number of para-hydroxylation sites is 2. The smallest absolute Gasteiger partial charge is 0.420 e. The third-order valence-electron chi connectivity index (χ3n) is 4.34. The first kappa shape index (κ1) is 16.3. The van der Waals surface area contributed by atoms with Gasteiger partial charge in [-0.2, -0.15) is 9.37 Å². The van der Waals surface area contributed by atoms with E-state index in [4.69, 9.17) is 9.15 Å². The van der Waals surface area contributed by atoms with Crippen LogP contribution in [-0.2, 0) is 11.3 Å². The summed E-state index contributed by atoms with van der Waals surface area (Å²) in [4.78, 5) is 29.8. The number of aromatic nitrogens is 2. The zero-order chi connectivity index (χ0) is 18.1. The first-order valence-electron chi connectivity index (χ1n) is 8.25. The number of amides is 1. The molecular formula is C18H16FN3O4. The minimum Gasteiger partial charge on any atom is -0.472 e. The van der Waals surface area contributed by atoms with Gasteiger partial charge in [0.2, 0.25) is 17.7 Å².